The van der Waals surface area contributed by atoms with E-state index in [4.69, 9.17) is 9.47 Å². The van der Waals surface area contributed by atoms with Gasteiger partial charge in [0.2, 0.25) is 5.91 Å². The molecule has 8 N–H and O–H groups in total. The van der Waals surface area contributed by atoms with E-state index in [0.717, 1.165) is 44.9 Å². The molecule has 11 nitrogen and oxygen atoms in total. The highest BCUT2D eigenvalue weighted by Gasteiger charge is 2.44. The molecule has 9 atom stereocenters. The Kier molecular flexibility index (Phi) is 42.1. The second-order valence-corrected chi connectivity index (χ2v) is 19.3. The van der Waals surface area contributed by atoms with Gasteiger partial charge in [-0.1, -0.05) is 211 Å². The van der Waals surface area contributed by atoms with E-state index in [0.29, 0.717) is 19.3 Å². The molecule has 0 aliphatic carbocycles. The molecule has 1 amide bonds. The van der Waals surface area contributed by atoms with Crippen LogP contribution in [0.2, 0.25) is 0 Å². The van der Waals surface area contributed by atoms with Crippen LogP contribution in [0.1, 0.15) is 239 Å². The summed E-state index contributed by atoms with van der Waals surface area (Å²) in [4.78, 5) is 13.1. The van der Waals surface area contributed by atoms with Gasteiger partial charge in [-0.2, -0.15) is 0 Å². The van der Waals surface area contributed by atoms with Crippen molar-refractivity contribution in [1.29, 1.82) is 0 Å². The average Bonchev–Trinajstić information content (AvgIpc) is 3.32. The number of ether oxygens (including phenoxy) is 2. The number of carbonyl (C=O) groups excluding carboxylic acids is 1. The lowest BCUT2D eigenvalue weighted by Crippen LogP contribution is -2.60. The van der Waals surface area contributed by atoms with Gasteiger partial charge in [-0.3, -0.25) is 4.79 Å². The molecule has 0 aromatic rings. The molecule has 1 heterocycles. The highest BCUT2D eigenvalue weighted by atomic mass is 16.7. The van der Waals surface area contributed by atoms with Gasteiger partial charge in [-0.05, 0) is 64.2 Å². The standard InChI is InChI=1S/C55H103NO10/c1-3-5-7-9-11-13-15-17-19-21-22-23-24-25-27-28-30-32-34-36-38-40-42-47(58)50(60)46(45-65-55-53(63)52(62)51(61)49(44-57)66-55)56-54(64)48(59)43-41-39-37-35-33-31-29-26-20-18-16-14-12-10-8-6-4-2/h22-23,27-28,34,36,46-53,55,57-63H,3-21,24-26,29-33,35,37-45H2,1-2H3,(H,56,64)/b23-22+,28-27+,36-34+. The summed E-state index contributed by atoms with van der Waals surface area (Å²) in [7, 11) is 0. The maximum Gasteiger partial charge on any atom is 0.249 e. The highest BCUT2D eigenvalue weighted by molar-refractivity contribution is 5.80. The Hall–Kier alpha value is -1.67. The summed E-state index contributed by atoms with van der Waals surface area (Å²) in [5, 5.41) is 76.0. The molecule has 1 rings (SSSR count). The Morgan fingerprint density at radius 3 is 1.35 bits per heavy atom. The van der Waals surface area contributed by atoms with E-state index in [1.807, 2.05) is 0 Å². The summed E-state index contributed by atoms with van der Waals surface area (Å²) in [6.45, 7) is 3.44. The number of nitrogens with one attached hydrogen (secondary N) is 1. The maximum absolute atomic E-state index is 13.1. The van der Waals surface area contributed by atoms with Gasteiger partial charge in [0.1, 0.15) is 36.6 Å². The largest absolute Gasteiger partial charge is 0.394 e. The SMILES string of the molecule is CCCCCCCCCCC/C=C/CC/C=C/CC/C=C/CCCC(O)C(O)C(COC1OC(CO)C(O)C(O)C1O)NC(=O)C(O)CCCCCCCCCCCCCCCCCCC. The fourth-order valence-electron chi connectivity index (χ4n) is 8.65. The van der Waals surface area contributed by atoms with Crippen LogP contribution in [-0.4, -0.2) is 110 Å². The first-order valence-electron chi connectivity index (χ1n) is 27.4. The smallest absolute Gasteiger partial charge is 0.249 e. The second kappa shape index (κ2) is 44.5. The van der Waals surface area contributed by atoms with Crippen molar-refractivity contribution >= 4 is 5.91 Å². The van der Waals surface area contributed by atoms with Crippen LogP contribution >= 0.6 is 0 Å². The molecule has 0 saturated carbocycles. The summed E-state index contributed by atoms with van der Waals surface area (Å²) in [6.07, 6.45) is 41.9. The fourth-order valence-corrected chi connectivity index (χ4v) is 8.65. The predicted octanol–water partition coefficient (Wildman–Crippen LogP) is 10.7. The van der Waals surface area contributed by atoms with Crippen LogP contribution < -0.4 is 5.32 Å². The van der Waals surface area contributed by atoms with Crippen LogP contribution in [0.25, 0.3) is 0 Å². The topological polar surface area (TPSA) is 189 Å². The van der Waals surface area contributed by atoms with Gasteiger partial charge in [-0.25, -0.2) is 0 Å². The molecular weight excluding hydrogens is 835 g/mol. The molecule has 0 radical (unpaired) electrons. The summed E-state index contributed by atoms with van der Waals surface area (Å²) in [5.41, 5.74) is 0. The summed E-state index contributed by atoms with van der Waals surface area (Å²) in [6, 6.07) is -1.19. The van der Waals surface area contributed by atoms with Crippen LogP contribution in [-0.2, 0) is 14.3 Å². The van der Waals surface area contributed by atoms with Crippen LogP contribution in [0.4, 0.5) is 0 Å². The molecule has 66 heavy (non-hydrogen) atoms. The molecule has 0 aromatic heterocycles. The molecule has 1 saturated heterocycles. The minimum Gasteiger partial charge on any atom is -0.394 e. The van der Waals surface area contributed by atoms with Crippen LogP contribution in [0.3, 0.4) is 0 Å². The van der Waals surface area contributed by atoms with E-state index in [2.05, 4.69) is 55.6 Å². The van der Waals surface area contributed by atoms with Crippen molar-refractivity contribution in [1.82, 2.24) is 5.32 Å². The summed E-state index contributed by atoms with van der Waals surface area (Å²) >= 11 is 0. The zero-order chi connectivity index (χ0) is 48.3. The third-order valence-corrected chi connectivity index (χ3v) is 13.2. The Morgan fingerprint density at radius 2 is 0.909 bits per heavy atom. The first kappa shape index (κ1) is 62.3. The third-order valence-electron chi connectivity index (χ3n) is 13.2. The molecule has 0 bridgehead atoms. The molecule has 0 aromatic carbocycles. The molecule has 11 heteroatoms. The molecule has 1 aliphatic heterocycles. The number of hydrogen-bond donors (Lipinski definition) is 8. The van der Waals surface area contributed by atoms with Gasteiger partial charge in [0.05, 0.1) is 25.4 Å². The molecule has 388 valence electrons. The van der Waals surface area contributed by atoms with Gasteiger partial charge < -0.3 is 50.5 Å². The number of aliphatic hydroxyl groups is 7. The molecule has 1 aliphatic rings. The lowest BCUT2D eigenvalue weighted by atomic mass is 9.98. The van der Waals surface area contributed by atoms with Gasteiger partial charge >= 0.3 is 0 Å². The van der Waals surface area contributed by atoms with Crippen molar-refractivity contribution in [2.75, 3.05) is 13.2 Å². The van der Waals surface area contributed by atoms with E-state index < -0.39 is 74.2 Å². The van der Waals surface area contributed by atoms with Crippen molar-refractivity contribution in [2.24, 2.45) is 0 Å². The van der Waals surface area contributed by atoms with Crippen LogP contribution in [0.15, 0.2) is 36.5 Å². The van der Waals surface area contributed by atoms with Gasteiger partial charge in [-0.15, -0.1) is 0 Å². The lowest BCUT2D eigenvalue weighted by Gasteiger charge is -2.40. The highest BCUT2D eigenvalue weighted by Crippen LogP contribution is 2.23. The predicted molar refractivity (Wildman–Crippen MR) is 270 cm³/mol. The Bertz CT molecular complexity index is 1170. The maximum atomic E-state index is 13.1. The van der Waals surface area contributed by atoms with Crippen molar-refractivity contribution < 1.29 is 50.0 Å². The minimum atomic E-state index is -1.67. The first-order valence-corrected chi connectivity index (χ1v) is 27.4. The van der Waals surface area contributed by atoms with Crippen molar-refractivity contribution in [3.63, 3.8) is 0 Å². The van der Waals surface area contributed by atoms with Crippen LogP contribution in [0.5, 0.6) is 0 Å². The number of allylic oxidation sites excluding steroid dienone is 6. The molecule has 0 spiro atoms. The molecule has 1 fully saturated rings. The Morgan fingerprint density at radius 1 is 0.515 bits per heavy atom. The average molecular weight is 938 g/mol. The number of carbonyl (C=O) groups is 1. The van der Waals surface area contributed by atoms with E-state index in [1.165, 1.54) is 148 Å². The fraction of sp³-hybridized carbons (Fsp3) is 0.873. The van der Waals surface area contributed by atoms with E-state index in [-0.39, 0.29) is 12.8 Å². The van der Waals surface area contributed by atoms with Crippen molar-refractivity contribution in [2.45, 2.75) is 294 Å². The van der Waals surface area contributed by atoms with Crippen molar-refractivity contribution in [3.8, 4) is 0 Å². The number of amides is 1. The first-order chi connectivity index (χ1) is 32.2. The number of unbranched alkanes of at least 4 members (excludes halogenated alkanes) is 28. The van der Waals surface area contributed by atoms with E-state index in [1.54, 1.807) is 0 Å². The molecule has 9 unspecified atom stereocenters. The Labute approximate surface area is 403 Å². The number of hydrogen-bond acceptors (Lipinski definition) is 10. The minimum absolute atomic E-state index is 0.242. The van der Waals surface area contributed by atoms with Gasteiger partial charge in [0, 0.05) is 0 Å². The zero-order valence-electron chi connectivity index (χ0n) is 42.2. The quantitative estimate of drug-likeness (QED) is 0.0215. The van der Waals surface area contributed by atoms with Crippen LogP contribution in [0, 0.1) is 0 Å². The van der Waals surface area contributed by atoms with Gasteiger partial charge in [0.25, 0.3) is 0 Å². The van der Waals surface area contributed by atoms with E-state index in [9.17, 15) is 40.5 Å². The van der Waals surface area contributed by atoms with Crippen molar-refractivity contribution in [3.05, 3.63) is 36.5 Å². The monoisotopic (exact) mass is 938 g/mol. The van der Waals surface area contributed by atoms with E-state index >= 15 is 0 Å². The number of rotatable bonds is 46. The third kappa shape index (κ3) is 33.0. The van der Waals surface area contributed by atoms with Gasteiger partial charge in [0.15, 0.2) is 6.29 Å². The number of aliphatic hydroxyl groups excluding tert-OH is 7. The summed E-state index contributed by atoms with van der Waals surface area (Å²) < 4.78 is 11.1. The lowest BCUT2D eigenvalue weighted by molar-refractivity contribution is -0.303. The second-order valence-electron chi connectivity index (χ2n) is 19.3. The Balaban J connectivity index is 2.40. The molecular formula is C55H103NO10. The zero-order valence-corrected chi connectivity index (χ0v) is 42.2. The summed E-state index contributed by atoms with van der Waals surface area (Å²) in [5.74, 6) is -0.710. The normalized spacial score (nSPS) is 21.0.